The average Bonchev–Trinajstić information content (AvgIpc) is 2.69. The van der Waals surface area contributed by atoms with Gasteiger partial charge in [0.2, 0.25) is 0 Å². The third-order valence-corrected chi connectivity index (χ3v) is 5.50. The minimum Gasteiger partial charge on any atom is -0.379 e. The van der Waals surface area contributed by atoms with Crippen molar-refractivity contribution < 1.29 is 4.79 Å². The van der Waals surface area contributed by atoms with Crippen LogP contribution in [0.3, 0.4) is 0 Å². The Balaban J connectivity index is 1.67. The van der Waals surface area contributed by atoms with Crippen LogP contribution in [0.25, 0.3) is 0 Å². The van der Waals surface area contributed by atoms with Crippen molar-refractivity contribution in [2.75, 3.05) is 32.5 Å². The van der Waals surface area contributed by atoms with E-state index in [1.54, 1.807) is 6.20 Å². The van der Waals surface area contributed by atoms with Crippen molar-refractivity contribution in [1.29, 1.82) is 0 Å². The van der Waals surface area contributed by atoms with Gasteiger partial charge in [0.1, 0.15) is 0 Å². The normalized spacial score (nSPS) is 17.5. The number of hydrogen-bond donors (Lipinski definition) is 1. The number of pyridine rings is 1. The molecule has 2 heterocycles. The predicted molar refractivity (Wildman–Crippen MR) is 110 cm³/mol. The van der Waals surface area contributed by atoms with Crippen LogP contribution >= 0.6 is 0 Å². The molecular formula is C22H30N4O. The van der Waals surface area contributed by atoms with E-state index in [9.17, 15) is 4.79 Å². The highest BCUT2D eigenvalue weighted by Crippen LogP contribution is 2.22. The molecule has 3 rings (SSSR count). The lowest BCUT2D eigenvalue weighted by molar-refractivity contribution is 0.0716. The Bertz CT molecular complexity index is 762. The molecule has 1 aliphatic heterocycles. The van der Waals surface area contributed by atoms with Gasteiger partial charge in [-0.3, -0.25) is 9.78 Å². The first kappa shape index (κ1) is 19.4. The van der Waals surface area contributed by atoms with Crippen LogP contribution in [0.1, 0.15) is 40.9 Å². The first-order chi connectivity index (χ1) is 13.1. The zero-order chi connectivity index (χ0) is 19.2. The van der Waals surface area contributed by atoms with E-state index >= 15 is 0 Å². The monoisotopic (exact) mass is 366 g/mol. The van der Waals surface area contributed by atoms with Crippen molar-refractivity contribution in [3.05, 3.63) is 59.4 Å². The lowest BCUT2D eigenvalue weighted by Crippen LogP contribution is -2.45. The van der Waals surface area contributed by atoms with Gasteiger partial charge in [0.15, 0.2) is 0 Å². The van der Waals surface area contributed by atoms with Gasteiger partial charge in [0.05, 0.1) is 12.2 Å². The number of likely N-dealkylation sites (tertiary alicyclic amines) is 1. The van der Waals surface area contributed by atoms with Gasteiger partial charge in [-0.15, -0.1) is 0 Å². The summed E-state index contributed by atoms with van der Waals surface area (Å²) in [4.78, 5) is 21.6. The first-order valence-corrected chi connectivity index (χ1v) is 9.75. The van der Waals surface area contributed by atoms with E-state index in [0.29, 0.717) is 12.6 Å². The summed E-state index contributed by atoms with van der Waals surface area (Å²) in [6.07, 6.45) is 5.47. The zero-order valence-corrected chi connectivity index (χ0v) is 16.6. The number of carbonyl (C=O) groups is 1. The van der Waals surface area contributed by atoms with E-state index in [1.165, 1.54) is 19.3 Å². The Hall–Kier alpha value is -2.40. The molecule has 0 unspecified atom stereocenters. The largest absolute Gasteiger partial charge is 0.379 e. The Morgan fingerprint density at radius 1 is 1.26 bits per heavy atom. The molecule has 1 N–H and O–H groups in total. The highest BCUT2D eigenvalue weighted by atomic mass is 16.2. The number of amides is 1. The summed E-state index contributed by atoms with van der Waals surface area (Å²) < 4.78 is 0. The van der Waals surface area contributed by atoms with Gasteiger partial charge in [0.25, 0.3) is 5.91 Å². The Kier molecular flexibility index (Phi) is 6.45. The molecule has 5 nitrogen and oxygen atoms in total. The van der Waals surface area contributed by atoms with E-state index in [2.05, 4.69) is 22.2 Å². The summed E-state index contributed by atoms with van der Waals surface area (Å²) >= 11 is 0. The van der Waals surface area contributed by atoms with Gasteiger partial charge in [-0.05, 0) is 63.2 Å². The topological polar surface area (TPSA) is 48.5 Å². The van der Waals surface area contributed by atoms with Crippen molar-refractivity contribution in [2.24, 2.45) is 0 Å². The molecule has 0 radical (unpaired) electrons. The number of nitrogens with zero attached hydrogens (tertiary/aromatic N) is 3. The highest BCUT2D eigenvalue weighted by molar-refractivity contribution is 5.96. The lowest BCUT2D eigenvalue weighted by atomic mass is 10.0. The maximum absolute atomic E-state index is 13.0. The minimum atomic E-state index is 0.0907. The highest BCUT2D eigenvalue weighted by Gasteiger charge is 2.23. The molecule has 1 amide bonds. The minimum absolute atomic E-state index is 0.0907. The fourth-order valence-corrected chi connectivity index (χ4v) is 3.73. The molecule has 0 aliphatic carbocycles. The second-order valence-electron chi connectivity index (χ2n) is 7.47. The summed E-state index contributed by atoms with van der Waals surface area (Å²) in [5, 5.41) is 3.41. The van der Waals surface area contributed by atoms with Crippen LogP contribution in [-0.2, 0) is 6.54 Å². The third-order valence-electron chi connectivity index (χ3n) is 5.50. The van der Waals surface area contributed by atoms with Crippen LogP contribution in [0.5, 0.6) is 0 Å². The Morgan fingerprint density at radius 3 is 2.85 bits per heavy atom. The number of aromatic nitrogens is 1. The van der Waals surface area contributed by atoms with Crippen LogP contribution in [0.2, 0.25) is 0 Å². The van der Waals surface area contributed by atoms with Crippen molar-refractivity contribution in [2.45, 2.75) is 38.8 Å². The third kappa shape index (κ3) is 4.86. The number of benzene rings is 1. The van der Waals surface area contributed by atoms with Gasteiger partial charge in [-0.1, -0.05) is 18.6 Å². The Morgan fingerprint density at radius 2 is 2.11 bits per heavy atom. The van der Waals surface area contributed by atoms with Gasteiger partial charge in [-0.25, -0.2) is 0 Å². The summed E-state index contributed by atoms with van der Waals surface area (Å²) in [5.41, 5.74) is 3.71. The standard InChI is InChI=1S/C22H30N4O/c1-17-20(22(27)26(3)16-19-10-5-7-14-25(19)2)11-8-12-21(17)24-15-18-9-4-6-13-23-18/h4,6,8-9,11-13,19,24H,5,7,10,14-16H2,1-3H3/t19-/m1/s1. The predicted octanol–water partition coefficient (Wildman–Crippen LogP) is 3.56. The van der Waals surface area contributed by atoms with Gasteiger partial charge in [-0.2, -0.15) is 0 Å². The fraction of sp³-hybridized carbons (Fsp3) is 0.455. The summed E-state index contributed by atoms with van der Waals surface area (Å²) in [6.45, 7) is 4.55. The number of rotatable bonds is 6. The van der Waals surface area contributed by atoms with E-state index in [4.69, 9.17) is 0 Å². The molecule has 1 atom stereocenters. The van der Waals surface area contributed by atoms with Crippen LogP contribution in [0.4, 0.5) is 5.69 Å². The number of likely N-dealkylation sites (N-methyl/N-ethyl adjacent to an activating group) is 2. The van der Waals surface area contributed by atoms with Crippen LogP contribution in [0.15, 0.2) is 42.6 Å². The zero-order valence-electron chi connectivity index (χ0n) is 16.6. The molecular weight excluding hydrogens is 336 g/mol. The van der Waals surface area contributed by atoms with Crippen molar-refractivity contribution in [1.82, 2.24) is 14.8 Å². The molecule has 0 bridgehead atoms. The van der Waals surface area contributed by atoms with Crippen LogP contribution in [0, 0.1) is 6.92 Å². The average molecular weight is 367 g/mol. The van der Waals surface area contributed by atoms with Gasteiger partial charge in [0, 0.05) is 37.1 Å². The number of hydrogen-bond acceptors (Lipinski definition) is 4. The Labute approximate surface area is 162 Å². The molecule has 27 heavy (non-hydrogen) atoms. The molecule has 5 heteroatoms. The summed E-state index contributed by atoms with van der Waals surface area (Å²) in [5.74, 6) is 0.0907. The van der Waals surface area contributed by atoms with Crippen molar-refractivity contribution in [3.8, 4) is 0 Å². The smallest absolute Gasteiger partial charge is 0.253 e. The van der Waals surface area contributed by atoms with E-state index in [-0.39, 0.29) is 5.91 Å². The van der Waals surface area contributed by atoms with Crippen molar-refractivity contribution >= 4 is 11.6 Å². The van der Waals surface area contributed by atoms with Crippen molar-refractivity contribution in [3.63, 3.8) is 0 Å². The maximum atomic E-state index is 13.0. The second-order valence-corrected chi connectivity index (χ2v) is 7.47. The van der Waals surface area contributed by atoms with Crippen LogP contribution < -0.4 is 5.32 Å². The first-order valence-electron chi connectivity index (χ1n) is 9.75. The number of piperidine rings is 1. The molecule has 1 fully saturated rings. The number of nitrogens with one attached hydrogen (secondary N) is 1. The van der Waals surface area contributed by atoms with E-state index in [1.807, 2.05) is 55.3 Å². The molecule has 1 aromatic carbocycles. The van der Waals surface area contributed by atoms with Gasteiger partial charge >= 0.3 is 0 Å². The number of anilines is 1. The SMILES string of the molecule is Cc1c(NCc2ccccn2)cccc1C(=O)N(C)C[C@H]1CCCCN1C. The van der Waals surface area contributed by atoms with E-state index < -0.39 is 0 Å². The molecule has 0 spiro atoms. The number of carbonyl (C=O) groups excluding carboxylic acids is 1. The molecule has 144 valence electrons. The summed E-state index contributed by atoms with van der Waals surface area (Å²) in [6, 6.07) is 12.2. The fourth-order valence-electron chi connectivity index (χ4n) is 3.73. The van der Waals surface area contributed by atoms with Crippen LogP contribution in [-0.4, -0.2) is 53.9 Å². The molecule has 1 saturated heterocycles. The molecule has 2 aromatic rings. The van der Waals surface area contributed by atoms with E-state index in [0.717, 1.165) is 35.6 Å². The lowest BCUT2D eigenvalue weighted by Gasteiger charge is -2.35. The van der Waals surface area contributed by atoms with Gasteiger partial charge < -0.3 is 15.1 Å². The maximum Gasteiger partial charge on any atom is 0.253 e. The second kappa shape index (κ2) is 9.00. The summed E-state index contributed by atoms with van der Waals surface area (Å²) in [7, 11) is 4.08. The molecule has 1 aromatic heterocycles. The molecule has 1 aliphatic rings. The quantitative estimate of drug-likeness (QED) is 0.849. The molecule has 0 saturated carbocycles.